The maximum Gasteiger partial charge on any atom is 0.254 e. The molecular weight excluding hydrogens is 388 g/mol. The van der Waals surface area contributed by atoms with E-state index >= 15 is 0 Å². The topological polar surface area (TPSA) is 79.8 Å². The molecule has 162 valence electrons. The Hall–Kier alpha value is -2.93. The number of aryl methyl sites for hydroxylation is 2. The van der Waals surface area contributed by atoms with Crippen molar-refractivity contribution in [2.75, 3.05) is 24.5 Å². The van der Waals surface area contributed by atoms with E-state index in [1.807, 2.05) is 52.9 Å². The molecular formula is C24H30N6O. The van der Waals surface area contributed by atoms with E-state index in [2.05, 4.69) is 11.8 Å². The van der Waals surface area contributed by atoms with Crippen LogP contribution in [0.2, 0.25) is 0 Å². The first kappa shape index (κ1) is 20.0. The van der Waals surface area contributed by atoms with Crippen LogP contribution in [0.15, 0.2) is 36.5 Å². The molecule has 3 aromatic rings. The molecule has 2 aromatic heterocycles. The number of rotatable bonds is 3. The number of aromatic nitrogens is 3. The smallest absolute Gasteiger partial charge is 0.254 e. The molecule has 5 rings (SSSR count). The summed E-state index contributed by atoms with van der Waals surface area (Å²) in [5, 5.41) is 4.85. The van der Waals surface area contributed by atoms with Gasteiger partial charge in [-0.15, -0.1) is 0 Å². The van der Waals surface area contributed by atoms with Crippen molar-refractivity contribution in [1.29, 1.82) is 0 Å². The number of likely N-dealkylation sites (tertiary alicyclic amines) is 1. The average molecular weight is 419 g/mol. The van der Waals surface area contributed by atoms with Crippen LogP contribution in [-0.4, -0.2) is 51.1 Å². The van der Waals surface area contributed by atoms with Crippen LogP contribution < -0.4 is 10.6 Å². The van der Waals surface area contributed by atoms with Gasteiger partial charge in [0.2, 0.25) is 0 Å². The molecule has 2 fully saturated rings. The van der Waals surface area contributed by atoms with Gasteiger partial charge in [-0.1, -0.05) is 18.2 Å². The highest BCUT2D eigenvalue weighted by Gasteiger charge is 2.31. The van der Waals surface area contributed by atoms with Crippen molar-refractivity contribution in [2.24, 2.45) is 5.73 Å². The van der Waals surface area contributed by atoms with E-state index in [4.69, 9.17) is 15.8 Å². The van der Waals surface area contributed by atoms with E-state index in [1.54, 1.807) is 0 Å². The normalized spacial score (nSPS) is 21.8. The average Bonchev–Trinajstić information content (AvgIpc) is 3.38. The lowest BCUT2D eigenvalue weighted by Crippen LogP contribution is -2.39. The predicted octanol–water partition coefficient (Wildman–Crippen LogP) is 3.25. The molecule has 2 atom stereocenters. The molecule has 0 spiro atoms. The molecule has 0 saturated carbocycles. The van der Waals surface area contributed by atoms with Gasteiger partial charge < -0.3 is 15.5 Å². The van der Waals surface area contributed by atoms with Gasteiger partial charge in [-0.3, -0.25) is 4.79 Å². The first-order valence-corrected chi connectivity index (χ1v) is 11.3. The van der Waals surface area contributed by atoms with Crippen LogP contribution in [-0.2, 0) is 0 Å². The maximum absolute atomic E-state index is 13.4. The van der Waals surface area contributed by atoms with Crippen LogP contribution in [0.5, 0.6) is 0 Å². The van der Waals surface area contributed by atoms with Crippen molar-refractivity contribution in [1.82, 2.24) is 19.5 Å². The van der Waals surface area contributed by atoms with Gasteiger partial charge in [-0.05, 0) is 51.2 Å². The van der Waals surface area contributed by atoms with E-state index in [-0.39, 0.29) is 18.0 Å². The Kier molecular flexibility index (Phi) is 5.14. The highest BCUT2D eigenvalue weighted by atomic mass is 16.2. The third-order valence-corrected chi connectivity index (χ3v) is 6.63. The minimum absolute atomic E-state index is 0.0217. The number of carbonyl (C=O) groups is 1. The van der Waals surface area contributed by atoms with E-state index in [0.29, 0.717) is 0 Å². The van der Waals surface area contributed by atoms with Crippen molar-refractivity contribution in [3.8, 4) is 0 Å². The monoisotopic (exact) mass is 418 g/mol. The number of hydrogen-bond donors (Lipinski definition) is 1. The maximum atomic E-state index is 13.4. The molecule has 0 unspecified atom stereocenters. The fourth-order valence-electron chi connectivity index (χ4n) is 4.93. The molecule has 2 aliphatic heterocycles. The summed E-state index contributed by atoms with van der Waals surface area (Å²) < 4.78 is 1.86. The van der Waals surface area contributed by atoms with E-state index in [1.165, 1.54) is 0 Å². The number of nitrogens with zero attached hydrogens (tertiary/aromatic N) is 5. The molecule has 7 nitrogen and oxygen atoms in total. The zero-order valence-corrected chi connectivity index (χ0v) is 18.3. The molecule has 7 heteroatoms. The summed E-state index contributed by atoms with van der Waals surface area (Å²) in [6.45, 7) is 6.60. The number of amides is 1. The van der Waals surface area contributed by atoms with E-state index in [0.717, 1.165) is 79.2 Å². The molecule has 4 heterocycles. The summed E-state index contributed by atoms with van der Waals surface area (Å²) in [4.78, 5) is 22.6. The second-order valence-electron chi connectivity index (χ2n) is 8.94. The molecule has 31 heavy (non-hydrogen) atoms. The second-order valence-corrected chi connectivity index (χ2v) is 8.94. The minimum atomic E-state index is -0.0217. The second kappa shape index (κ2) is 7.96. The SMILES string of the molecule is Cc1ccccc1C(=O)N1CCCC[C@H]1c1cc2nc(N3CC[C@H](N)C3)c(C)cn2n1. The Morgan fingerprint density at radius 1 is 1.10 bits per heavy atom. The van der Waals surface area contributed by atoms with Crippen molar-refractivity contribution < 1.29 is 4.79 Å². The molecule has 2 saturated heterocycles. The van der Waals surface area contributed by atoms with Crippen LogP contribution in [0.1, 0.15) is 58.9 Å². The molecule has 1 amide bonds. The summed E-state index contributed by atoms with van der Waals surface area (Å²) >= 11 is 0. The van der Waals surface area contributed by atoms with E-state index in [9.17, 15) is 4.79 Å². The van der Waals surface area contributed by atoms with Gasteiger partial charge in [-0.25, -0.2) is 9.50 Å². The number of anilines is 1. The number of carbonyl (C=O) groups excluding carboxylic acids is 1. The molecule has 0 aliphatic carbocycles. The van der Waals surface area contributed by atoms with Crippen LogP contribution in [0.25, 0.3) is 5.65 Å². The lowest BCUT2D eigenvalue weighted by Gasteiger charge is -2.35. The van der Waals surface area contributed by atoms with Gasteiger partial charge in [0.25, 0.3) is 5.91 Å². The fraction of sp³-hybridized carbons (Fsp3) is 0.458. The zero-order chi connectivity index (χ0) is 21.5. The Bertz CT molecular complexity index is 1120. The number of piperidine rings is 1. The van der Waals surface area contributed by atoms with Crippen molar-refractivity contribution >= 4 is 17.4 Å². The minimum Gasteiger partial charge on any atom is -0.355 e. The quantitative estimate of drug-likeness (QED) is 0.706. The largest absolute Gasteiger partial charge is 0.355 e. The molecule has 0 radical (unpaired) electrons. The Morgan fingerprint density at radius 3 is 2.71 bits per heavy atom. The van der Waals surface area contributed by atoms with Crippen LogP contribution in [0.4, 0.5) is 5.82 Å². The third-order valence-electron chi connectivity index (χ3n) is 6.63. The van der Waals surface area contributed by atoms with Crippen molar-refractivity contribution in [3.05, 3.63) is 58.9 Å². The number of nitrogens with two attached hydrogens (primary N) is 1. The molecule has 1 aromatic carbocycles. The number of fused-ring (bicyclic) bond motifs is 1. The standard InChI is InChI=1S/C24H30N6O/c1-16-7-3-4-8-19(16)24(31)29-11-6-5-9-21(29)20-13-22-26-23(17(2)14-30(22)27-20)28-12-10-18(25)15-28/h3-4,7-8,13-14,18,21H,5-6,9-12,15,25H2,1-2H3/t18-,21-/m0/s1. The van der Waals surface area contributed by atoms with Crippen LogP contribution in [0, 0.1) is 13.8 Å². The Balaban J connectivity index is 1.48. The van der Waals surface area contributed by atoms with Gasteiger partial charge in [0.1, 0.15) is 5.82 Å². The summed E-state index contributed by atoms with van der Waals surface area (Å²) in [7, 11) is 0. The van der Waals surface area contributed by atoms with Gasteiger partial charge >= 0.3 is 0 Å². The molecule has 0 bridgehead atoms. The number of benzene rings is 1. The lowest BCUT2D eigenvalue weighted by atomic mass is 9.97. The van der Waals surface area contributed by atoms with Crippen LogP contribution >= 0.6 is 0 Å². The Morgan fingerprint density at radius 2 is 1.94 bits per heavy atom. The lowest BCUT2D eigenvalue weighted by molar-refractivity contribution is 0.0605. The zero-order valence-electron chi connectivity index (χ0n) is 18.3. The number of hydrogen-bond acceptors (Lipinski definition) is 5. The first-order valence-electron chi connectivity index (χ1n) is 11.3. The third kappa shape index (κ3) is 3.67. The summed E-state index contributed by atoms with van der Waals surface area (Å²) in [6.07, 6.45) is 6.09. The van der Waals surface area contributed by atoms with Gasteiger partial charge in [-0.2, -0.15) is 5.10 Å². The summed E-state index contributed by atoms with van der Waals surface area (Å²) in [5.41, 5.74) is 10.7. The first-order chi connectivity index (χ1) is 15.0. The predicted molar refractivity (Wildman–Crippen MR) is 121 cm³/mol. The van der Waals surface area contributed by atoms with Gasteiger partial charge in [0.15, 0.2) is 5.65 Å². The highest BCUT2D eigenvalue weighted by molar-refractivity contribution is 5.96. The molecule has 2 aliphatic rings. The molecule has 2 N–H and O–H groups in total. The summed E-state index contributed by atoms with van der Waals surface area (Å²) in [5.74, 6) is 1.08. The summed E-state index contributed by atoms with van der Waals surface area (Å²) in [6, 6.07) is 10.1. The van der Waals surface area contributed by atoms with Gasteiger partial charge in [0.05, 0.1) is 11.7 Å². The van der Waals surface area contributed by atoms with Gasteiger partial charge in [0, 0.05) is 49.1 Å². The highest BCUT2D eigenvalue weighted by Crippen LogP contribution is 2.33. The fourth-order valence-corrected chi connectivity index (χ4v) is 4.93. The van der Waals surface area contributed by atoms with Crippen LogP contribution in [0.3, 0.4) is 0 Å². The van der Waals surface area contributed by atoms with E-state index < -0.39 is 0 Å². The Labute approximate surface area is 182 Å². The van der Waals surface area contributed by atoms with Crippen molar-refractivity contribution in [3.63, 3.8) is 0 Å². The van der Waals surface area contributed by atoms with Crippen molar-refractivity contribution in [2.45, 2.75) is 51.6 Å².